The molecule has 5 nitrogen and oxygen atoms in total. The van der Waals surface area contributed by atoms with Gasteiger partial charge in [-0.2, -0.15) is 0 Å². The Morgan fingerprint density at radius 3 is 2.75 bits per heavy atom. The summed E-state index contributed by atoms with van der Waals surface area (Å²) in [5.41, 5.74) is 2.96. The van der Waals surface area contributed by atoms with Gasteiger partial charge < -0.3 is 10.2 Å². The summed E-state index contributed by atoms with van der Waals surface area (Å²) in [7, 11) is 3.95. The zero-order chi connectivity index (χ0) is 14.7. The quantitative estimate of drug-likeness (QED) is 0.647. The van der Waals surface area contributed by atoms with E-state index in [1.165, 1.54) is 0 Å². The fraction of sp³-hybridized carbons (Fsp3) is 0.231. The van der Waals surface area contributed by atoms with Crippen molar-refractivity contribution in [1.82, 2.24) is 0 Å². The van der Waals surface area contributed by atoms with E-state index in [-0.39, 0.29) is 9.92 Å². The molecular weight excluding hydrogens is 342 g/mol. The van der Waals surface area contributed by atoms with Crippen LogP contribution in [0.1, 0.15) is 5.56 Å². The highest BCUT2D eigenvalue weighted by molar-refractivity contribution is 9.10. The van der Waals surface area contributed by atoms with E-state index in [0.29, 0.717) is 6.54 Å². The predicted molar refractivity (Wildman–Crippen MR) is 86.8 cm³/mol. The van der Waals surface area contributed by atoms with Gasteiger partial charge in [-0.3, -0.25) is 10.1 Å². The lowest BCUT2D eigenvalue weighted by Gasteiger charge is -2.18. The summed E-state index contributed by atoms with van der Waals surface area (Å²) in [6, 6.07) is 7.60. The second kappa shape index (κ2) is 6.23. The number of halogens is 1. The molecule has 2 rings (SSSR count). The third-order valence-corrected chi connectivity index (χ3v) is 4.17. The molecule has 0 atom stereocenters. The highest BCUT2D eigenvalue weighted by Gasteiger charge is 2.10. The third-order valence-electron chi connectivity index (χ3n) is 2.74. The summed E-state index contributed by atoms with van der Waals surface area (Å²) in [6.45, 7) is 0.557. The number of hydrogen-bond donors (Lipinski definition) is 1. The van der Waals surface area contributed by atoms with Crippen molar-refractivity contribution < 1.29 is 4.92 Å². The normalized spacial score (nSPS) is 10.3. The van der Waals surface area contributed by atoms with Gasteiger partial charge >= 0.3 is 5.00 Å². The molecule has 0 unspecified atom stereocenters. The first-order valence-corrected chi connectivity index (χ1v) is 7.57. The van der Waals surface area contributed by atoms with E-state index in [9.17, 15) is 10.1 Å². The van der Waals surface area contributed by atoms with Crippen LogP contribution < -0.4 is 10.2 Å². The van der Waals surface area contributed by atoms with Crippen molar-refractivity contribution in [3.8, 4) is 0 Å². The van der Waals surface area contributed by atoms with Crippen molar-refractivity contribution in [2.45, 2.75) is 6.54 Å². The SMILES string of the molecule is CN(C)c1ccc(Br)cc1NCc1csc([N+](=O)[O-])c1. The van der Waals surface area contributed by atoms with Crippen LogP contribution in [-0.2, 0) is 6.54 Å². The minimum absolute atomic E-state index is 0.170. The highest BCUT2D eigenvalue weighted by atomic mass is 79.9. The molecule has 20 heavy (non-hydrogen) atoms. The molecule has 1 heterocycles. The van der Waals surface area contributed by atoms with Gasteiger partial charge in [-0.25, -0.2) is 0 Å². The average Bonchev–Trinajstić information content (AvgIpc) is 2.85. The van der Waals surface area contributed by atoms with Gasteiger partial charge in [0.15, 0.2) is 0 Å². The van der Waals surface area contributed by atoms with Crippen LogP contribution in [-0.4, -0.2) is 19.0 Å². The van der Waals surface area contributed by atoms with E-state index in [1.54, 1.807) is 11.4 Å². The summed E-state index contributed by atoms with van der Waals surface area (Å²) in [6.07, 6.45) is 0. The van der Waals surface area contributed by atoms with Gasteiger partial charge in [0.25, 0.3) is 0 Å². The Kier molecular flexibility index (Phi) is 4.61. The molecule has 0 saturated carbocycles. The van der Waals surface area contributed by atoms with E-state index in [2.05, 4.69) is 21.2 Å². The Hall–Kier alpha value is -1.60. The van der Waals surface area contributed by atoms with Crippen molar-refractivity contribution in [1.29, 1.82) is 0 Å². The lowest BCUT2D eigenvalue weighted by Crippen LogP contribution is -2.12. The molecule has 0 radical (unpaired) electrons. The molecular formula is C13H14BrN3O2S. The fourth-order valence-corrected chi connectivity index (χ4v) is 2.88. The van der Waals surface area contributed by atoms with Crippen molar-refractivity contribution in [2.24, 2.45) is 0 Å². The van der Waals surface area contributed by atoms with E-state index < -0.39 is 0 Å². The van der Waals surface area contributed by atoms with Crippen molar-refractivity contribution in [3.05, 3.63) is 49.8 Å². The van der Waals surface area contributed by atoms with E-state index in [1.807, 2.05) is 37.2 Å². The second-order valence-electron chi connectivity index (χ2n) is 4.46. The van der Waals surface area contributed by atoms with Crippen molar-refractivity contribution >= 4 is 43.6 Å². The first kappa shape index (κ1) is 14.8. The van der Waals surface area contributed by atoms with Gasteiger partial charge in [0.05, 0.1) is 16.3 Å². The minimum Gasteiger partial charge on any atom is -0.379 e. The summed E-state index contributed by atoms with van der Waals surface area (Å²) in [5, 5.41) is 15.9. The molecule has 0 bridgehead atoms. The molecule has 1 N–H and O–H groups in total. The molecule has 0 amide bonds. The number of rotatable bonds is 5. The van der Waals surface area contributed by atoms with E-state index in [0.717, 1.165) is 32.7 Å². The zero-order valence-electron chi connectivity index (χ0n) is 11.1. The Balaban J connectivity index is 2.13. The number of nitro groups is 1. The fourth-order valence-electron chi connectivity index (χ4n) is 1.79. The zero-order valence-corrected chi connectivity index (χ0v) is 13.5. The number of nitrogens with one attached hydrogen (secondary N) is 1. The van der Waals surface area contributed by atoms with Gasteiger partial charge in [-0.1, -0.05) is 27.3 Å². The smallest absolute Gasteiger partial charge is 0.324 e. The minimum atomic E-state index is -0.363. The maximum atomic E-state index is 10.7. The van der Waals surface area contributed by atoms with Crippen molar-refractivity contribution in [2.75, 3.05) is 24.3 Å². The molecule has 0 fully saturated rings. The Morgan fingerprint density at radius 1 is 1.40 bits per heavy atom. The lowest BCUT2D eigenvalue weighted by molar-refractivity contribution is -0.380. The van der Waals surface area contributed by atoms with Crippen molar-refractivity contribution in [3.63, 3.8) is 0 Å². The lowest BCUT2D eigenvalue weighted by atomic mass is 10.2. The molecule has 2 aromatic rings. The average molecular weight is 356 g/mol. The van der Waals surface area contributed by atoms with E-state index >= 15 is 0 Å². The molecule has 106 valence electrons. The van der Waals surface area contributed by atoms with Crippen LogP contribution in [0.4, 0.5) is 16.4 Å². The number of hydrogen-bond acceptors (Lipinski definition) is 5. The van der Waals surface area contributed by atoms with Crippen LogP contribution in [0.3, 0.4) is 0 Å². The maximum absolute atomic E-state index is 10.7. The largest absolute Gasteiger partial charge is 0.379 e. The number of benzene rings is 1. The summed E-state index contributed by atoms with van der Waals surface area (Å²) < 4.78 is 0.988. The van der Waals surface area contributed by atoms with Gasteiger partial charge in [0.1, 0.15) is 0 Å². The van der Waals surface area contributed by atoms with Crippen LogP contribution in [0.15, 0.2) is 34.1 Å². The topological polar surface area (TPSA) is 58.4 Å². The Morgan fingerprint density at radius 2 is 2.15 bits per heavy atom. The third kappa shape index (κ3) is 3.49. The molecule has 7 heteroatoms. The van der Waals surface area contributed by atoms with Gasteiger partial charge in [0.2, 0.25) is 0 Å². The Labute approximate surface area is 129 Å². The molecule has 0 saturated heterocycles. The molecule has 0 aliphatic carbocycles. The van der Waals surface area contributed by atoms with Gasteiger partial charge in [-0.15, -0.1) is 0 Å². The monoisotopic (exact) mass is 355 g/mol. The Bertz CT molecular complexity index is 628. The second-order valence-corrected chi connectivity index (χ2v) is 6.27. The first-order chi connectivity index (χ1) is 9.47. The van der Waals surface area contributed by atoms with Crippen LogP contribution in [0.5, 0.6) is 0 Å². The van der Waals surface area contributed by atoms with Crippen LogP contribution in [0.2, 0.25) is 0 Å². The summed E-state index contributed by atoms with van der Waals surface area (Å²) >= 11 is 4.60. The standard InChI is InChI=1S/C13H14BrN3O2S/c1-16(2)12-4-3-10(14)6-11(12)15-7-9-5-13(17(18)19)20-8-9/h3-6,8,15H,7H2,1-2H3. The van der Waals surface area contributed by atoms with Crippen LogP contribution in [0, 0.1) is 10.1 Å². The first-order valence-electron chi connectivity index (χ1n) is 5.90. The molecule has 1 aromatic carbocycles. The van der Waals surface area contributed by atoms with Crippen LogP contribution >= 0.6 is 27.3 Å². The van der Waals surface area contributed by atoms with E-state index in [4.69, 9.17) is 0 Å². The molecule has 0 spiro atoms. The summed E-state index contributed by atoms with van der Waals surface area (Å²) in [4.78, 5) is 12.3. The predicted octanol–water partition coefficient (Wildman–Crippen LogP) is 4.10. The number of anilines is 2. The van der Waals surface area contributed by atoms with Crippen LogP contribution in [0.25, 0.3) is 0 Å². The van der Waals surface area contributed by atoms with Gasteiger partial charge in [-0.05, 0) is 23.8 Å². The number of thiophene rings is 1. The maximum Gasteiger partial charge on any atom is 0.324 e. The number of nitrogens with zero attached hydrogens (tertiary/aromatic N) is 2. The summed E-state index contributed by atoms with van der Waals surface area (Å²) in [5.74, 6) is 0. The molecule has 0 aliphatic rings. The van der Waals surface area contributed by atoms with Gasteiger partial charge in [0, 0.05) is 36.6 Å². The highest BCUT2D eigenvalue weighted by Crippen LogP contribution is 2.29. The molecule has 1 aromatic heterocycles. The molecule has 0 aliphatic heterocycles.